The topological polar surface area (TPSA) is 25.2 Å². The Bertz CT molecular complexity index is 493. The molecule has 2 rings (SSSR count). The Labute approximate surface area is 107 Å². The minimum absolute atomic E-state index is 0.183. The van der Waals surface area contributed by atoms with Crippen LogP contribution in [0, 0.1) is 12.7 Å². The molecule has 2 nitrogen and oxygen atoms in total. The van der Waals surface area contributed by atoms with Crippen molar-refractivity contribution in [2.45, 2.75) is 25.8 Å². The quantitative estimate of drug-likeness (QED) is 0.873. The largest absolute Gasteiger partial charge is 0.469 e. The molecule has 0 aliphatic heterocycles. The first kappa shape index (κ1) is 12.8. The molecule has 3 heteroatoms. The van der Waals surface area contributed by atoms with Gasteiger partial charge in [-0.15, -0.1) is 0 Å². The van der Waals surface area contributed by atoms with Crippen LogP contribution in [0.3, 0.4) is 0 Å². The molecule has 1 unspecified atom stereocenters. The second-order valence-electron chi connectivity index (χ2n) is 4.46. The van der Waals surface area contributed by atoms with Crippen LogP contribution in [0.4, 0.5) is 4.39 Å². The Morgan fingerprint density at radius 2 is 2.17 bits per heavy atom. The Morgan fingerprint density at radius 1 is 1.33 bits per heavy atom. The summed E-state index contributed by atoms with van der Waals surface area (Å²) in [7, 11) is 1.93. The fourth-order valence-corrected chi connectivity index (χ4v) is 2.23. The molecule has 2 aromatic rings. The maximum atomic E-state index is 13.1. The normalized spacial score (nSPS) is 12.6. The van der Waals surface area contributed by atoms with E-state index in [0.717, 1.165) is 29.7 Å². The summed E-state index contributed by atoms with van der Waals surface area (Å²) in [6, 6.07) is 9.03. The van der Waals surface area contributed by atoms with Gasteiger partial charge in [0.05, 0.1) is 6.26 Å². The summed E-state index contributed by atoms with van der Waals surface area (Å²) >= 11 is 0. The van der Waals surface area contributed by atoms with E-state index in [-0.39, 0.29) is 11.9 Å². The maximum absolute atomic E-state index is 13.1. The van der Waals surface area contributed by atoms with Crippen LogP contribution < -0.4 is 5.32 Å². The van der Waals surface area contributed by atoms with Crippen molar-refractivity contribution < 1.29 is 8.81 Å². The summed E-state index contributed by atoms with van der Waals surface area (Å²) in [5.74, 6) is 0.798. The lowest BCUT2D eigenvalue weighted by Gasteiger charge is -2.18. The van der Waals surface area contributed by atoms with E-state index >= 15 is 0 Å². The lowest BCUT2D eigenvalue weighted by atomic mass is 9.97. The molecule has 96 valence electrons. The molecule has 0 fully saturated rings. The lowest BCUT2D eigenvalue weighted by Crippen LogP contribution is -2.18. The molecule has 0 amide bonds. The molecule has 1 heterocycles. The molecule has 18 heavy (non-hydrogen) atoms. The van der Waals surface area contributed by atoms with Crippen molar-refractivity contribution in [3.8, 4) is 0 Å². The highest BCUT2D eigenvalue weighted by Gasteiger charge is 2.12. The predicted molar refractivity (Wildman–Crippen MR) is 70.0 cm³/mol. The number of rotatable bonds is 5. The van der Waals surface area contributed by atoms with E-state index in [2.05, 4.69) is 5.32 Å². The fourth-order valence-electron chi connectivity index (χ4n) is 2.23. The molecule has 0 bridgehead atoms. The van der Waals surface area contributed by atoms with Gasteiger partial charge in [0.15, 0.2) is 0 Å². The number of halogens is 1. The van der Waals surface area contributed by atoms with Crippen LogP contribution in [0.2, 0.25) is 0 Å². The third-order valence-corrected chi connectivity index (χ3v) is 3.22. The van der Waals surface area contributed by atoms with Gasteiger partial charge < -0.3 is 9.73 Å². The van der Waals surface area contributed by atoms with Crippen molar-refractivity contribution in [2.24, 2.45) is 0 Å². The van der Waals surface area contributed by atoms with Gasteiger partial charge in [-0.2, -0.15) is 0 Å². The number of nitrogens with one attached hydrogen (secondary N) is 1. The smallest absolute Gasteiger partial charge is 0.123 e. The van der Waals surface area contributed by atoms with Crippen molar-refractivity contribution in [1.29, 1.82) is 0 Å². The third-order valence-electron chi connectivity index (χ3n) is 3.22. The molecule has 1 N–H and O–H groups in total. The number of benzene rings is 1. The van der Waals surface area contributed by atoms with Crippen LogP contribution in [0.5, 0.6) is 0 Å². The summed E-state index contributed by atoms with van der Waals surface area (Å²) in [4.78, 5) is 0. The first-order chi connectivity index (χ1) is 8.70. The van der Waals surface area contributed by atoms with E-state index in [1.54, 1.807) is 12.3 Å². The minimum atomic E-state index is -0.183. The van der Waals surface area contributed by atoms with Crippen LogP contribution in [-0.2, 0) is 6.42 Å². The molecule has 0 saturated carbocycles. The number of furan rings is 1. The summed E-state index contributed by atoms with van der Waals surface area (Å²) in [5.41, 5.74) is 2.12. The highest BCUT2D eigenvalue weighted by atomic mass is 19.1. The fraction of sp³-hybridized carbons (Fsp3) is 0.333. The van der Waals surface area contributed by atoms with Gasteiger partial charge in [-0.3, -0.25) is 0 Å². The molecule has 1 atom stereocenters. The Balaban J connectivity index is 2.08. The van der Waals surface area contributed by atoms with Gasteiger partial charge >= 0.3 is 0 Å². The van der Waals surface area contributed by atoms with Crippen molar-refractivity contribution >= 4 is 0 Å². The SMILES string of the molecule is CNC(CCc1ccco1)c1ccc(F)cc1C. The lowest BCUT2D eigenvalue weighted by molar-refractivity contribution is 0.468. The van der Waals surface area contributed by atoms with E-state index in [4.69, 9.17) is 4.42 Å². The Kier molecular flexibility index (Phi) is 4.15. The second-order valence-corrected chi connectivity index (χ2v) is 4.46. The summed E-state index contributed by atoms with van der Waals surface area (Å²) in [5, 5.41) is 3.28. The zero-order valence-corrected chi connectivity index (χ0v) is 10.7. The molecule has 1 aromatic heterocycles. The second kappa shape index (κ2) is 5.83. The van der Waals surface area contributed by atoms with E-state index in [1.807, 2.05) is 32.2 Å². The number of hydrogen-bond acceptors (Lipinski definition) is 2. The average Bonchev–Trinajstić information content (AvgIpc) is 2.85. The van der Waals surface area contributed by atoms with Crippen molar-refractivity contribution in [1.82, 2.24) is 5.32 Å². The van der Waals surface area contributed by atoms with E-state index in [9.17, 15) is 4.39 Å². The zero-order chi connectivity index (χ0) is 13.0. The molecular weight excluding hydrogens is 229 g/mol. The average molecular weight is 247 g/mol. The standard InChI is InChI=1S/C15H18FNO/c1-11-10-12(16)5-7-14(11)15(17-2)8-6-13-4-3-9-18-13/h3-5,7,9-10,15,17H,6,8H2,1-2H3. The Morgan fingerprint density at radius 3 is 2.78 bits per heavy atom. The molecule has 0 spiro atoms. The monoisotopic (exact) mass is 247 g/mol. The summed E-state index contributed by atoms with van der Waals surface area (Å²) < 4.78 is 18.4. The Hall–Kier alpha value is -1.61. The van der Waals surface area contributed by atoms with Crippen molar-refractivity contribution in [2.75, 3.05) is 7.05 Å². The highest BCUT2D eigenvalue weighted by molar-refractivity contribution is 5.29. The molecule has 0 radical (unpaired) electrons. The minimum Gasteiger partial charge on any atom is -0.469 e. The highest BCUT2D eigenvalue weighted by Crippen LogP contribution is 2.23. The van der Waals surface area contributed by atoms with Crippen LogP contribution >= 0.6 is 0 Å². The first-order valence-electron chi connectivity index (χ1n) is 6.16. The van der Waals surface area contributed by atoms with E-state index in [1.165, 1.54) is 6.07 Å². The molecule has 1 aromatic carbocycles. The number of aryl methyl sites for hydroxylation is 2. The first-order valence-corrected chi connectivity index (χ1v) is 6.16. The van der Waals surface area contributed by atoms with Crippen LogP contribution in [0.1, 0.15) is 29.3 Å². The van der Waals surface area contributed by atoms with Gasteiger partial charge in [-0.05, 0) is 55.8 Å². The van der Waals surface area contributed by atoms with E-state index in [0.29, 0.717) is 0 Å². The maximum Gasteiger partial charge on any atom is 0.123 e. The van der Waals surface area contributed by atoms with Gasteiger partial charge in [0.2, 0.25) is 0 Å². The van der Waals surface area contributed by atoms with Crippen LogP contribution in [0.25, 0.3) is 0 Å². The van der Waals surface area contributed by atoms with Crippen molar-refractivity contribution in [3.05, 3.63) is 59.3 Å². The van der Waals surface area contributed by atoms with Crippen LogP contribution in [-0.4, -0.2) is 7.05 Å². The molecule has 0 aliphatic carbocycles. The third kappa shape index (κ3) is 2.99. The van der Waals surface area contributed by atoms with E-state index < -0.39 is 0 Å². The van der Waals surface area contributed by atoms with Gasteiger partial charge in [0.25, 0.3) is 0 Å². The predicted octanol–water partition coefficient (Wildman–Crippen LogP) is 3.62. The van der Waals surface area contributed by atoms with Gasteiger partial charge in [0, 0.05) is 12.5 Å². The zero-order valence-electron chi connectivity index (χ0n) is 10.7. The number of hydrogen-bond donors (Lipinski definition) is 1. The summed E-state index contributed by atoms with van der Waals surface area (Å²) in [6.07, 6.45) is 3.48. The molecule has 0 saturated heterocycles. The van der Waals surface area contributed by atoms with Crippen molar-refractivity contribution in [3.63, 3.8) is 0 Å². The van der Waals surface area contributed by atoms with Gasteiger partial charge in [-0.1, -0.05) is 6.07 Å². The van der Waals surface area contributed by atoms with Gasteiger partial charge in [-0.25, -0.2) is 4.39 Å². The van der Waals surface area contributed by atoms with Gasteiger partial charge in [0.1, 0.15) is 11.6 Å². The van der Waals surface area contributed by atoms with Crippen LogP contribution in [0.15, 0.2) is 41.0 Å². The molecule has 0 aliphatic rings. The molecular formula is C15H18FNO. The summed E-state index contributed by atoms with van der Waals surface area (Å²) in [6.45, 7) is 1.94.